The number of anilines is 1. The minimum Gasteiger partial charge on any atom is -0.484 e. The van der Waals surface area contributed by atoms with Gasteiger partial charge in [0.15, 0.2) is 12.4 Å². The van der Waals surface area contributed by atoms with Gasteiger partial charge in [0.25, 0.3) is 5.91 Å². The van der Waals surface area contributed by atoms with Gasteiger partial charge in [-0.15, -0.1) is 0 Å². The monoisotopic (exact) mass is 371 g/mol. The summed E-state index contributed by atoms with van der Waals surface area (Å²) in [5, 5.41) is 0. The van der Waals surface area contributed by atoms with Crippen molar-refractivity contribution in [1.82, 2.24) is 0 Å². The molecule has 0 saturated carbocycles. The summed E-state index contributed by atoms with van der Waals surface area (Å²) < 4.78 is 5.68. The van der Waals surface area contributed by atoms with E-state index in [0.717, 1.165) is 12.1 Å². The molecule has 1 aliphatic heterocycles. The highest BCUT2D eigenvalue weighted by molar-refractivity contribution is 6.09. The Hall–Kier alpha value is -3.40. The Morgan fingerprint density at radius 3 is 2.29 bits per heavy atom. The lowest BCUT2D eigenvalue weighted by Crippen LogP contribution is -2.39. The molecular formula is C24H21NO3. The van der Waals surface area contributed by atoms with E-state index >= 15 is 0 Å². The Morgan fingerprint density at radius 2 is 1.54 bits per heavy atom. The normalized spacial score (nSPS) is 15.2. The van der Waals surface area contributed by atoms with Gasteiger partial charge in [-0.05, 0) is 49.2 Å². The molecule has 0 N–H and O–H groups in total. The van der Waals surface area contributed by atoms with Crippen molar-refractivity contribution in [2.45, 2.75) is 19.4 Å². The maximum absolute atomic E-state index is 12.7. The molecule has 3 aromatic rings. The molecule has 28 heavy (non-hydrogen) atoms. The number of carbonyl (C=O) groups is 2. The Labute approximate surface area is 164 Å². The third kappa shape index (κ3) is 3.54. The van der Waals surface area contributed by atoms with Crippen LogP contribution in [0.15, 0.2) is 78.9 Å². The molecule has 0 bridgehead atoms. The zero-order chi connectivity index (χ0) is 19.5. The molecule has 1 aliphatic rings. The van der Waals surface area contributed by atoms with Crippen molar-refractivity contribution >= 4 is 17.4 Å². The molecule has 0 saturated heterocycles. The second-order valence-corrected chi connectivity index (χ2v) is 6.95. The van der Waals surface area contributed by atoms with Crippen molar-refractivity contribution in [1.29, 1.82) is 0 Å². The van der Waals surface area contributed by atoms with Crippen LogP contribution in [0, 0.1) is 0 Å². The average molecular weight is 371 g/mol. The summed E-state index contributed by atoms with van der Waals surface area (Å²) >= 11 is 0. The topological polar surface area (TPSA) is 46.6 Å². The Morgan fingerprint density at radius 1 is 0.893 bits per heavy atom. The molecule has 3 aromatic carbocycles. The first-order chi connectivity index (χ1) is 13.6. The van der Waals surface area contributed by atoms with Crippen LogP contribution in [0.1, 0.15) is 28.4 Å². The van der Waals surface area contributed by atoms with E-state index in [9.17, 15) is 9.59 Å². The summed E-state index contributed by atoms with van der Waals surface area (Å²) in [6.45, 7) is 2.01. The third-order valence-corrected chi connectivity index (χ3v) is 4.99. The average Bonchev–Trinajstić information content (AvgIpc) is 3.08. The minimum atomic E-state index is -0.0677. The lowest BCUT2D eigenvalue weighted by molar-refractivity contribution is -0.120. The lowest BCUT2D eigenvalue weighted by atomic mass is 10.0. The summed E-state index contributed by atoms with van der Waals surface area (Å²) in [4.78, 5) is 27.0. The number of para-hydroxylation sites is 1. The van der Waals surface area contributed by atoms with Crippen molar-refractivity contribution in [3.05, 3.63) is 95.6 Å². The van der Waals surface area contributed by atoms with Gasteiger partial charge in [-0.2, -0.15) is 0 Å². The molecule has 0 radical (unpaired) electrons. The van der Waals surface area contributed by atoms with Gasteiger partial charge in [-0.1, -0.05) is 48.5 Å². The minimum absolute atomic E-state index is 0.0364. The van der Waals surface area contributed by atoms with Gasteiger partial charge in [-0.3, -0.25) is 9.59 Å². The smallest absolute Gasteiger partial charge is 0.265 e. The highest BCUT2D eigenvalue weighted by Crippen LogP contribution is 2.31. The Kier molecular flexibility index (Phi) is 4.94. The molecule has 0 spiro atoms. The number of amides is 1. The van der Waals surface area contributed by atoms with Gasteiger partial charge in [0.1, 0.15) is 5.75 Å². The highest BCUT2D eigenvalue weighted by atomic mass is 16.5. The predicted molar refractivity (Wildman–Crippen MR) is 109 cm³/mol. The second-order valence-electron chi connectivity index (χ2n) is 6.95. The van der Waals surface area contributed by atoms with E-state index < -0.39 is 0 Å². The fourth-order valence-electron chi connectivity index (χ4n) is 3.62. The van der Waals surface area contributed by atoms with Gasteiger partial charge >= 0.3 is 0 Å². The highest BCUT2D eigenvalue weighted by Gasteiger charge is 2.30. The van der Waals surface area contributed by atoms with E-state index in [4.69, 9.17) is 4.74 Å². The molecular weight excluding hydrogens is 350 g/mol. The fraction of sp³-hybridized carbons (Fsp3) is 0.167. The van der Waals surface area contributed by atoms with Crippen LogP contribution in [-0.2, 0) is 11.2 Å². The van der Waals surface area contributed by atoms with Crippen LogP contribution in [0.4, 0.5) is 5.69 Å². The molecule has 4 nitrogen and oxygen atoms in total. The van der Waals surface area contributed by atoms with Crippen LogP contribution in [0.5, 0.6) is 5.75 Å². The van der Waals surface area contributed by atoms with Crippen LogP contribution >= 0.6 is 0 Å². The number of carbonyl (C=O) groups excluding carboxylic acids is 2. The van der Waals surface area contributed by atoms with Crippen molar-refractivity contribution in [3.8, 4) is 5.75 Å². The van der Waals surface area contributed by atoms with Crippen LogP contribution in [0.2, 0.25) is 0 Å². The number of benzene rings is 3. The molecule has 0 unspecified atom stereocenters. The van der Waals surface area contributed by atoms with Crippen LogP contribution in [0.25, 0.3) is 0 Å². The van der Waals surface area contributed by atoms with Gasteiger partial charge < -0.3 is 9.64 Å². The van der Waals surface area contributed by atoms with Crippen molar-refractivity contribution in [2.24, 2.45) is 0 Å². The SMILES string of the molecule is C[C@@H]1Cc2ccccc2N1C(=O)COc1ccc(C(=O)c2ccccc2)cc1. The Balaban J connectivity index is 1.40. The van der Waals surface area contributed by atoms with Crippen LogP contribution < -0.4 is 9.64 Å². The van der Waals surface area contributed by atoms with E-state index in [-0.39, 0.29) is 24.3 Å². The zero-order valence-corrected chi connectivity index (χ0v) is 15.7. The number of ketones is 1. The molecule has 0 fully saturated rings. The molecule has 1 amide bonds. The standard InChI is InChI=1S/C24H21NO3/c1-17-15-20-9-5-6-10-22(20)25(17)23(26)16-28-21-13-11-19(12-14-21)24(27)18-7-3-2-4-8-18/h2-14,17H,15-16H2,1H3/t17-/m1/s1. The summed E-state index contributed by atoms with van der Waals surface area (Å²) in [5.74, 6) is 0.464. The molecule has 4 heteroatoms. The first kappa shape index (κ1) is 18.0. The fourth-order valence-corrected chi connectivity index (χ4v) is 3.62. The van der Waals surface area contributed by atoms with E-state index in [1.807, 2.05) is 48.2 Å². The van der Waals surface area contributed by atoms with Crippen molar-refractivity contribution < 1.29 is 14.3 Å². The summed E-state index contributed by atoms with van der Waals surface area (Å²) in [6, 6.07) is 24.1. The predicted octanol–water partition coefficient (Wildman–Crippen LogP) is 4.27. The van der Waals surface area contributed by atoms with E-state index in [1.165, 1.54) is 5.56 Å². The maximum Gasteiger partial charge on any atom is 0.265 e. The summed E-state index contributed by atoms with van der Waals surface area (Å²) in [7, 11) is 0. The van der Waals surface area contributed by atoms with E-state index in [0.29, 0.717) is 16.9 Å². The van der Waals surface area contributed by atoms with Gasteiger partial charge in [0.05, 0.1) is 0 Å². The first-order valence-corrected chi connectivity index (χ1v) is 9.36. The van der Waals surface area contributed by atoms with E-state index in [2.05, 4.69) is 6.07 Å². The quantitative estimate of drug-likeness (QED) is 0.629. The number of nitrogens with zero attached hydrogens (tertiary/aromatic N) is 1. The van der Waals surface area contributed by atoms with Gasteiger partial charge in [0, 0.05) is 22.9 Å². The number of fused-ring (bicyclic) bond motifs is 1. The van der Waals surface area contributed by atoms with Crippen molar-refractivity contribution in [3.63, 3.8) is 0 Å². The molecule has 1 heterocycles. The lowest BCUT2D eigenvalue weighted by Gasteiger charge is -2.22. The molecule has 1 atom stereocenters. The third-order valence-electron chi connectivity index (χ3n) is 4.99. The zero-order valence-electron chi connectivity index (χ0n) is 15.7. The number of hydrogen-bond acceptors (Lipinski definition) is 3. The number of hydrogen-bond donors (Lipinski definition) is 0. The van der Waals surface area contributed by atoms with Gasteiger partial charge in [-0.25, -0.2) is 0 Å². The summed E-state index contributed by atoms with van der Waals surface area (Å²) in [6.07, 6.45) is 0.859. The van der Waals surface area contributed by atoms with Crippen LogP contribution in [0.3, 0.4) is 0 Å². The van der Waals surface area contributed by atoms with E-state index in [1.54, 1.807) is 36.4 Å². The molecule has 140 valence electrons. The van der Waals surface area contributed by atoms with Crippen molar-refractivity contribution in [2.75, 3.05) is 11.5 Å². The number of rotatable bonds is 5. The van der Waals surface area contributed by atoms with Crippen LogP contribution in [-0.4, -0.2) is 24.3 Å². The molecule has 0 aliphatic carbocycles. The molecule has 4 rings (SSSR count). The van der Waals surface area contributed by atoms with Gasteiger partial charge in [0.2, 0.25) is 0 Å². The Bertz CT molecular complexity index is 996. The maximum atomic E-state index is 12.7. The summed E-state index contributed by atoms with van der Waals surface area (Å²) in [5.41, 5.74) is 3.39. The largest absolute Gasteiger partial charge is 0.484 e. The first-order valence-electron chi connectivity index (χ1n) is 9.36. The second kappa shape index (κ2) is 7.69. The number of ether oxygens (including phenoxy) is 1. The molecule has 0 aromatic heterocycles.